The van der Waals surface area contributed by atoms with Gasteiger partial charge in [-0.25, -0.2) is 4.79 Å². The van der Waals surface area contributed by atoms with Gasteiger partial charge in [-0.05, 0) is 43.7 Å². The number of halogens is 1. The fourth-order valence-electron chi connectivity index (χ4n) is 1.92. The lowest BCUT2D eigenvalue weighted by Gasteiger charge is -2.04. The van der Waals surface area contributed by atoms with E-state index in [0.29, 0.717) is 18.2 Å². The first-order valence-corrected chi connectivity index (χ1v) is 7.04. The summed E-state index contributed by atoms with van der Waals surface area (Å²) < 4.78 is 6.97. The van der Waals surface area contributed by atoms with Crippen molar-refractivity contribution in [3.63, 3.8) is 0 Å². The lowest BCUT2D eigenvalue weighted by Crippen LogP contribution is -2.11. The molecule has 21 heavy (non-hydrogen) atoms. The molecule has 0 aliphatic rings. The van der Waals surface area contributed by atoms with Crippen molar-refractivity contribution >= 4 is 23.6 Å². The van der Waals surface area contributed by atoms with Gasteiger partial charge >= 0.3 is 5.97 Å². The van der Waals surface area contributed by atoms with Crippen molar-refractivity contribution in [2.24, 2.45) is 0 Å². The molecule has 0 aliphatic heterocycles. The van der Waals surface area contributed by atoms with Crippen LogP contribution in [0.5, 0.6) is 0 Å². The number of rotatable bonds is 5. The maximum absolute atomic E-state index is 11.6. The molecule has 0 aliphatic carbocycles. The Hall–Kier alpha value is -2.07. The van der Waals surface area contributed by atoms with Crippen LogP contribution in [0.2, 0.25) is 5.02 Å². The van der Waals surface area contributed by atoms with Crippen molar-refractivity contribution in [1.29, 1.82) is 0 Å². The lowest BCUT2D eigenvalue weighted by molar-refractivity contribution is -0.138. The summed E-state index contributed by atoms with van der Waals surface area (Å²) in [5, 5.41) is 4.97. The van der Waals surface area contributed by atoms with Crippen LogP contribution >= 0.6 is 11.6 Å². The number of ether oxygens (including phenoxy) is 1. The highest BCUT2D eigenvalue weighted by atomic mass is 35.5. The first kappa shape index (κ1) is 15.3. The summed E-state index contributed by atoms with van der Waals surface area (Å²) in [6.45, 7) is 4.76. The predicted molar refractivity (Wildman–Crippen MR) is 83.1 cm³/mol. The first-order chi connectivity index (χ1) is 10.0. The van der Waals surface area contributed by atoms with Crippen LogP contribution in [0, 0.1) is 13.8 Å². The summed E-state index contributed by atoms with van der Waals surface area (Å²) in [7, 11) is 0. The molecular formula is C16H17ClN2O2. The van der Waals surface area contributed by atoms with Crippen molar-refractivity contribution in [2.45, 2.75) is 20.4 Å². The van der Waals surface area contributed by atoms with E-state index in [-0.39, 0.29) is 5.97 Å². The minimum absolute atomic E-state index is 0.297. The Labute approximate surface area is 129 Å². The van der Waals surface area contributed by atoms with E-state index in [2.05, 4.69) is 5.10 Å². The second-order valence-corrected chi connectivity index (χ2v) is 5.14. The molecule has 0 saturated carbocycles. The molecule has 0 amide bonds. The molecule has 0 spiro atoms. The third-order valence-electron chi connectivity index (χ3n) is 2.93. The van der Waals surface area contributed by atoms with Gasteiger partial charge in [0.2, 0.25) is 0 Å². The molecule has 2 rings (SSSR count). The highest BCUT2D eigenvalue weighted by Gasteiger charge is 2.02. The van der Waals surface area contributed by atoms with E-state index in [4.69, 9.17) is 16.3 Å². The fourth-order valence-corrected chi connectivity index (χ4v) is 2.05. The number of esters is 1. The summed E-state index contributed by atoms with van der Waals surface area (Å²) in [4.78, 5) is 11.6. The van der Waals surface area contributed by atoms with E-state index in [1.165, 1.54) is 6.08 Å². The van der Waals surface area contributed by atoms with Crippen molar-refractivity contribution in [2.75, 3.05) is 6.61 Å². The number of benzene rings is 1. The van der Waals surface area contributed by atoms with E-state index in [9.17, 15) is 4.79 Å². The number of hydrogen-bond donors (Lipinski definition) is 0. The molecule has 0 radical (unpaired) electrons. The zero-order valence-corrected chi connectivity index (χ0v) is 12.8. The summed E-state index contributed by atoms with van der Waals surface area (Å²) in [5.41, 5.74) is 2.91. The molecule has 4 nitrogen and oxygen atoms in total. The predicted octanol–water partition coefficient (Wildman–Crippen LogP) is 3.41. The van der Waals surface area contributed by atoms with Gasteiger partial charge in [0.05, 0.1) is 12.2 Å². The minimum Gasteiger partial charge on any atom is -0.461 e. The molecule has 0 bridgehead atoms. The molecule has 1 heterocycles. The van der Waals surface area contributed by atoms with Gasteiger partial charge in [-0.1, -0.05) is 23.7 Å². The molecule has 0 atom stereocenters. The molecule has 0 unspecified atom stereocenters. The second kappa shape index (κ2) is 7.09. The summed E-state index contributed by atoms with van der Waals surface area (Å²) in [6, 6.07) is 9.21. The van der Waals surface area contributed by atoms with Gasteiger partial charge in [-0.2, -0.15) is 5.10 Å². The van der Waals surface area contributed by atoms with Crippen LogP contribution in [0.3, 0.4) is 0 Å². The number of aromatic nitrogens is 2. The van der Waals surface area contributed by atoms with Crippen LogP contribution in [-0.2, 0) is 16.1 Å². The Bertz CT molecular complexity index is 645. The van der Waals surface area contributed by atoms with Crippen LogP contribution < -0.4 is 0 Å². The highest BCUT2D eigenvalue weighted by Crippen LogP contribution is 2.10. The van der Waals surface area contributed by atoms with Gasteiger partial charge in [0.1, 0.15) is 6.61 Å². The Kier molecular flexibility index (Phi) is 5.17. The first-order valence-electron chi connectivity index (χ1n) is 6.66. The maximum atomic E-state index is 11.6. The summed E-state index contributed by atoms with van der Waals surface area (Å²) >= 11 is 5.79. The molecule has 110 valence electrons. The van der Waals surface area contributed by atoms with Gasteiger partial charge in [0.25, 0.3) is 0 Å². The van der Waals surface area contributed by atoms with E-state index in [1.807, 2.05) is 36.7 Å². The zero-order valence-electron chi connectivity index (χ0n) is 12.0. The SMILES string of the molecule is Cc1cc(C)n(CCOC(=O)/C=C\c2ccc(Cl)cc2)n1. The number of carbonyl (C=O) groups excluding carboxylic acids is 1. The monoisotopic (exact) mass is 304 g/mol. The zero-order chi connectivity index (χ0) is 15.2. The van der Waals surface area contributed by atoms with Crippen molar-refractivity contribution in [1.82, 2.24) is 9.78 Å². The molecule has 0 fully saturated rings. The number of nitrogens with zero attached hydrogens (tertiary/aromatic N) is 2. The van der Waals surface area contributed by atoms with E-state index in [1.54, 1.807) is 18.2 Å². The molecule has 5 heteroatoms. The molecular weight excluding hydrogens is 288 g/mol. The Balaban J connectivity index is 1.79. The standard InChI is InChI=1S/C16H17ClN2O2/c1-12-11-13(2)19(18-12)9-10-21-16(20)8-5-14-3-6-15(17)7-4-14/h3-8,11H,9-10H2,1-2H3/b8-5-. The average molecular weight is 305 g/mol. The normalized spacial score (nSPS) is 11.0. The van der Waals surface area contributed by atoms with E-state index in [0.717, 1.165) is 17.0 Å². The molecule has 1 aromatic carbocycles. The van der Waals surface area contributed by atoms with Gasteiger partial charge in [0.15, 0.2) is 0 Å². The van der Waals surface area contributed by atoms with Crippen LogP contribution in [-0.4, -0.2) is 22.4 Å². The van der Waals surface area contributed by atoms with Crippen molar-refractivity contribution in [3.05, 3.63) is 58.4 Å². The largest absolute Gasteiger partial charge is 0.461 e. The topological polar surface area (TPSA) is 44.1 Å². The van der Waals surface area contributed by atoms with Crippen LogP contribution in [0.15, 0.2) is 36.4 Å². The van der Waals surface area contributed by atoms with Gasteiger partial charge in [0, 0.05) is 16.8 Å². The van der Waals surface area contributed by atoms with Crippen LogP contribution in [0.4, 0.5) is 0 Å². The fraction of sp³-hybridized carbons (Fsp3) is 0.250. The Morgan fingerprint density at radius 3 is 2.67 bits per heavy atom. The van der Waals surface area contributed by atoms with E-state index < -0.39 is 0 Å². The number of carbonyl (C=O) groups is 1. The molecule has 0 N–H and O–H groups in total. The van der Waals surface area contributed by atoms with Gasteiger partial charge in [-0.15, -0.1) is 0 Å². The van der Waals surface area contributed by atoms with Crippen molar-refractivity contribution < 1.29 is 9.53 Å². The third-order valence-corrected chi connectivity index (χ3v) is 3.18. The number of hydrogen-bond acceptors (Lipinski definition) is 3. The Morgan fingerprint density at radius 1 is 1.33 bits per heavy atom. The molecule has 0 saturated heterocycles. The lowest BCUT2D eigenvalue weighted by atomic mass is 10.2. The van der Waals surface area contributed by atoms with Crippen LogP contribution in [0.25, 0.3) is 6.08 Å². The summed E-state index contributed by atoms with van der Waals surface area (Å²) in [6.07, 6.45) is 3.10. The molecule has 1 aromatic heterocycles. The van der Waals surface area contributed by atoms with E-state index >= 15 is 0 Å². The second-order valence-electron chi connectivity index (χ2n) is 4.70. The maximum Gasteiger partial charge on any atom is 0.330 e. The smallest absolute Gasteiger partial charge is 0.330 e. The van der Waals surface area contributed by atoms with Gasteiger partial charge < -0.3 is 4.74 Å². The van der Waals surface area contributed by atoms with Crippen LogP contribution in [0.1, 0.15) is 17.0 Å². The average Bonchev–Trinajstić information content (AvgIpc) is 2.76. The highest BCUT2D eigenvalue weighted by molar-refractivity contribution is 6.30. The van der Waals surface area contributed by atoms with Crippen molar-refractivity contribution in [3.8, 4) is 0 Å². The third kappa shape index (κ3) is 4.76. The molecule has 2 aromatic rings. The number of aryl methyl sites for hydroxylation is 2. The van der Waals surface area contributed by atoms with Gasteiger partial charge in [-0.3, -0.25) is 4.68 Å². The Morgan fingerprint density at radius 2 is 2.05 bits per heavy atom. The summed E-state index contributed by atoms with van der Waals surface area (Å²) in [5.74, 6) is -0.369. The quantitative estimate of drug-likeness (QED) is 0.628. The minimum atomic E-state index is -0.369.